The van der Waals surface area contributed by atoms with Gasteiger partial charge < -0.3 is 15.3 Å². The number of imidazole rings is 1. The SMILES string of the molecule is Cc1ncc(C(=O)NCCCc2nc3ccc(Cl)cc3[nH]2)c(=O)[nH]1. The molecule has 1 aromatic carbocycles. The zero-order chi connectivity index (χ0) is 17.1. The first-order valence-corrected chi connectivity index (χ1v) is 7.89. The second-order valence-electron chi connectivity index (χ2n) is 5.42. The fourth-order valence-electron chi connectivity index (χ4n) is 2.35. The summed E-state index contributed by atoms with van der Waals surface area (Å²) in [6.45, 7) is 2.09. The number of fused-ring (bicyclic) bond motifs is 1. The highest BCUT2D eigenvalue weighted by Gasteiger charge is 2.10. The van der Waals surface area contributed by atoms with Crippen LogP contribution in [0.5, 0.6) is 0 Å². The quantitative estimate of drug-likeness (QED) is 0.615. The summed E-state index contributed by atoms with van der Waals surface area (Å²) in [6.07, 6.45) is 2.65. The number of amides is 1. The van der Waals surface area contributed by atoms with Crippen LogP contribution in [0.2, 0.25) is 5.02 Å². The molecule has 1 amide bonds. The highest BCUT2D eigenvalue weighted by atomic mass is 35.5. The molecule has 0 aliphatic heterocycles. The number of benzene rings is 1. The van der Waals surface area contributed by atoms with Gasteiger partial charge in [0.25, 0.3) is 11.5 Å². The minimum atomic E-state index is -0.436. The zero-order valence-corrected chi connectivity index (χ0v) is 13.8. The van der Waals surface area contributed by atoms with Crippen LogP contribution < -0.4 is 10.9 Å². The van der Waals surface area contributed by atoms with E-state index in [1.807, 2.05) is 12.1 Å². The van der Waals surface area contributed by atoms with Gasteiger partial charge in [-0.15, -0.1) is 0 Å². The Hall–Kier alpha value is -2.67. The summed E-state index contributed by atoms with van der Waals surface area (Å²) in [5, 5.41) is 3.37. The molecule has 0 aliphatic rings. The first-order valence-electron chi connectivity index (χ1n) is 7.51. The Morgan fingerprint density at radius 2 is 2.17 bits per heavy atom. The predicted octanol–water partition coefficient (Wildman–Crippen LogP) is 1.97. The molecule has 124 valence electrons. The van der Waals surface area contributed by atoms with Gasteiger partial charge in [0.15, 0.2) is 0 Å². The van der Waals surface area contributed by atoms with E-state index in [1.54, 1.807) is 13.0 Å². The maximum absolute atomic E-state index is 12.0. The number of aryl methyl sites for hydroxylation is 2. The molecule has 0 saturated carbocycles. The molecule has 8 heteroatoms. The van der Waals surface area contributed by atoms with Gasteiger partial charge in [0.1, 0.15) is 17.2 Å². The molecule has 0 unspecified atom stereocenters. The molecule has 2 aromatic heterocycles. The number of aromatic amines is 2. The van der Waals surface area contributed by atoms with Gasteiger partial charge in [0.2, 0.25) is 0 Å². The Morgan fingerprint density at radius 1 is 1.33 bits per heavy atom. The van der Waals surface area contributed by atoms with E-state index in [0.29, 0.717) is 30.2 Å². The third-order valence-corrected chi connectivity index (χ3v) is 3.77. The lowest BCUT2D eigenvalue weighted by Gasteiger charge is -2.03. The van der Waals surface area contributed by atoms with E-state index in [-0.39, 0.29) is 5.56 Å². The highest BCUT2D eigenvalue weighted by Crippen LogP contribution is 2.17. The number of nitrogens with one attached hydrogen (secondary N) is 3. The third-order valence-electron chi connectivity index (χ3n) is 3.54. The van der Waals surface area contributed by atoms with Crippen molar-refractivity contribution in [1.29, 1.82) is 0 Å². The number of hydrogen-bond acceptors (Lipinski definition) is 4. The molecule has 0 fully saturated rings. The van der Waals surface area contributed by atoms with Gasteiger partial charge >= 0.3 is 0 Å². The molecular formula is C16H16ClN5O2. The van der Waals surface area contributed by atoms with E-state index in [9.17, 15) is 9.59 Å². The van der Waals surface area contributed by atoms with E-state index < -0.39 is 11.5 Å². The zero-order valence-electron chi connectivity index (χ0n) is 13.0. The van der Waals surface area contributed by atoms with Crippen molar-refractivity contribution in [1.82, 2.24) is 25.3 Å². The number of nitrogens with zero attached hydrogens (tertiary/aromatic N) is 2. The van der Waals surface area contributed by atoms with E-state index in [0.717, 1.165) is 16.9 Å². The Kier molecular flexibility index (Phi) is 4.61. The van der Waals surface area contributed by atoms with Crippen molar-refractivity contribution in [2.45, 2.75) is 19.8 Å². The van der Waals surface area contributed by atoms with E-state index in [1.165, 1.54) is 6.20 Å². The average Bonchev–Trinajstić information content (AvgIpc) is 2.93. The van der Waals surface area contributed by atoms with Gasteiger partial charge in [0.05, 0.1) is 11.0 Å². The minimum Gasteiger partial charge on any atom is -0.352 e. The third kappa shape index (κ3) is 3.62. The second-order valence-corrected chi connectivity index (χ2v) is 5.85. The van der Waals surface area contributed by atoms with Crippen molar-refractivity contribution < 1.29 is 4.79 Å². The van der Waals surface area contributed by atoms with Crippen LogP contribution in [0.4, 0.5) is 0 Å². The number of H-pyrrole nitrogens is 2. The minimum absolute atomic E-state index is 0.0129. The Morgan fingerprint density at radius 3 is 2.96 bits per heavy atom. The number of hydrogen-bond donors (Lipinski definition) is 3. The smallest absolute Gasteiger partial charge is 0.263 e. The molecule has 0 radical (unpaired) electrons. The number of halogens is 1. The van der Waals surface area contributed by atoms with E-state index >= 15 is 0 Å². The van der Waals surface area contributed by atoms with Gasteiger partial charge in [-0.05, 0) is 31.5 Å². The van der Waals surface area contributed by atoms with E-state index in [2.05, 4.69) is 25.3 Å². The van der Waals surface area contributed by atoms with Gasteiger partial charge in [0, 0.05) is 24.2 Å². The van der Waals surface area contributed by atoms with Crippen LogP contribution in [-0.2, 0) is 6.42 Å². The summed E-state index contributed by atoms with van der Waals surface area (Å²) in [4.78, 5) is 37.7. The van der Waals surface area contributed by atoms with Crippen molar-refractivity contribution in [3.8, 4) is 0 Å². The summed E-state index contributed by atoms with van der Waals surface area (Å²) in [6, 6.07) is 5.48. The lowest BCUT2D eigenvalue weighted by Crippen LogP contribution is -2.31. The Balaban J connectivity index is 1.54. The molecule has 0 atom stereocenters. The predicted molar refractivity (Wildman–Crippen MR) is 91.4 cm³/mol. The monoisotopic (exact) mass is 345 g/mol. The molecule has 0 bridgehead atoms. The first kappa shape index (κ1) is 16.2. The second kappa shape index (κ2) is 6.84. The molecule has 7 nitrogen and oxygen atoms in total. The fourth-order valence-corrected chi connectivity index (χ4v) is 2.52. The van der Waals surface area contributed by atoms with Crippen molar-refractivity contribution in [2.75, 3.05) is 6.54 Å². The van der Waals surface area contributed by atoms with Crippen LogP contribution in [0.3, 0.4) is 0 Å². The number of aromatic nitrogens is 4. The number of rotatable bonds is 5. The van der Waals surface area contributed by atoms with Gasteiger partial charge in [-0.2, -0.15) is 0 Å². The maximum Gasteiger partial charge on any atom is 0.263 e. The van der Waals surface area contributed by atoms with Gasteiger partial charge in [-0.1, -0.05) is 11.6 Å². The molecular weight excluding hydrogens is 330 g/mol. The molecule has 24 heavy (non-hydrogen) atoms. The van der Waals surface area contributed by atoms with Crippen LogP contribution in [-0.4, -0.2) is 32.4 Å². The molecule has 3 rings (SSSR count). The standard InChI is InChI=1S/C16H16ClN5O2/c1-9-19-8-11(16(24)20-9)15(23)18-6-2-3-14-21-12-5-4-10(17)7-13(12)22-14/h4-5,7-8H,2-3,6H2,1H3,(H,18,23)(H,21,22)(H,19,20,24). The largest absolute Gasteiger partial charge is 0.352 e. The highest BCUT2D eigenvalue weighted by molar-refractivity contribution is 6.31. The molecule has 3 N–H and O–H groups in total. The number of carbonyl (C=O) groups excluding carboxylic acids is 1. The number of carbonyl (C=O) groups is 1. The van der Waals surface area contributed by atoms with E-state index in [4.69, 9.17) is 11.6 Å². The van der Waals surface area contributed by atoms with Crippen molar-refractivity contribution >= 4 is 28.5 Å². The van der Waals surface area contributed by atoms with Crippen LogP contribution >= 0.6 is 11.6 Å². The fraction of sp³-hybridized carbons (Fsp3) is 0.250. The summed E-state index contributed by atoms with van der Waals surface area (Å²) >= 11 is 5.94. The van der Waals surface area contributed by atoms with Crippen molar-refractivity contribution in [3.05, 3.63) is 57.0 Å². The van der Waals surface area contributed by atoms with Crippen LogP contribution in [0.15, 0.2) is 29.2 Å². The first-order chi connectivity index (χ1) is 11.5. The summed E-state index contributed by atoms with van der Waals surface area (Å²) in [5.74, 6) is 0.873. The lowest BCUT2D eigenvalue weighted by molar-refractivity contribution is 0.0951. The molecule has 0 aliphatic carbocycles. The molecule has 0 spiro atoms. The van der Waals surface area contributed by atoms with Crippen LogP contribution in [0.25, 0.3) is 11.0 Å². The van der Waals surface area contributed by atoms with Gasteiger partial charge in [-0.25, -0.2) is 9.97 Å². The van der Waals surface area contributed by atoms with Gasteiger partial charge in [-0.3, -0.25) is 9.59 Å². The average molecular weight is 346 g/mol. The van der Waals surface area contributed by atoms with Crippen molar-refractivity contribution in [2.24, 2.45) is 0 Å². The molecule has 0 saturated heterocycles. The summed E-state index contributed by atoms with van der Waals surface area (Å²) in [7, 11) is 0. The summed E-state index contributed by atoms with van der Waals surface area (Å²) in [5.41, 5.74) is 1.32. The Bertz CT molecular complexity index is 947. The molecule has 2 heterocycles. The lowest BCUT2D eigenvalue weighted by atomic mass is 10.2. The van der Waals surface area contributed by atoms with Crippen LogP contribution in [0, 0.1) is 6.92 Å². The topological polar surface area (TPSA) is 104 Å². The van der Waals surface area contributed by atoms with Crippen molar-refractivity contribution in [3.63, 3.8) is 0 Å². The molecule has 3 aromatic rings. The normalized spacial score (nSPS) is 10.9. The Labute approximate surface area is 142 Å². The maximum atomic E-state index is 12.0. The van der Waals surface area contributed by atoms with Crippen LogP contribution in [0.1, 0.15) is 28.4 Å². The summed E-state index contributed by atoms with van der Waals surface area (Å²) < 4.78 is 0.